The van der Waals surface area contributed by atoms with Crippen molar-refractivity contribution in [3.05, 3.63) is 47.8 Å². The molecule has 0 radical (unpaired) electrons. The predicted octanol–water partition coefficient (Wildman–Crippen LogP) is 0.993. The maximum Gasteiger partial charge on any atom is 0.244 e. The van der Waals surface area contributed by atoms with Crippen LogP contribution in [0.4, 0.5) is 0 Å². The molecule has 2 heterocycles. The number of carbonyl (C=O) groups is 2. The number of aryl methyl sites for hydroxylation is 2. The lowest BCUT2D eigenvalue weighted by Gasteiger charge is -2.36. The Bertz CT molecular complexity index is 825. The number of ether oxygens (including phenoxy) is 1. The number of piperazine rings is 1. The van der Waals surface area contributed by atoms with Gasteiger partial charge in [-0.15, -0.1) is 0 Å². The van der Waals surface area contributed by atoms with Crippen LogP contribution in [0.1, 0.15) is 23.6 Å². The third-order valence-corrected chi connectivity index (χ3v) is 5.32. The number of benzene rings is 1. The fraction of sp³-hybridized carbons (Fsp3) is 0.476. The molecule has 0 bridgehead atoms. The van der Waals surface area contributed by atoms with Crippen LogP contribution < -0.4 is 10.1 Å². The Kier molecular flexibility index (Phi) is 6.87. The average molecular weight is 399 g/mol. The summed E-state index contributed by atoms with van der Waals surface area (Å²) in [6.07, 6.45) is 4.72. The van der Waals surface area contributed by atoms with E-state index in [-0.39, 0.29) is 11.8 Å². The first kappa shape index (κ1) is 20.9. The number of likely N-dealkylation sites (N-methyl/N-ethyl adjacent to an activating group) is 1. The van der Waals surface area contributed by atoms with Gasteiger partial charge in [-0.2, -0.15) is 5.10 Å². The second kappa shape index (κ2) is 9.56. The number of rotatable bonds is 7. The van der Waals surface area contributed by atoms with Crippen LogP contribution in [0.2, 0.25) is 0 Å². The van der Waals surface area contributed by atoms with E-state index >= 15 is 0 Å². The molecule has 156 valence electrons. The Morgan fingerprint density at radius 2 is 1.79 bits per heavy atom. The van der Waals surface area contributed by atoms with E-state index in [2.05, 4.69) is 10.4 Å². The lowest BCUT2D eigenvalue weighted by Crippen LogP contribution is -2.52. The van der Waals surface area contributed by atoms with Gasteiger partial charge in [0, 0.05) is 51.4 Å². The number of nitrogens with one attached hydrogen (secondary N) is 1. The van der Waals surface area contributed by atoms with Crippen LogP contribution in [0.25, 0.3) is 0 Å². The normalized spacial score (nSPS) is 15.3. The van der Waals surface area contributed by atoms with Gasteiger partial charge < -0.3 is 19.9 Å². The minimum atomic E-state index is -0.416. The van der Waals surface area contributed by atoms with Crippen LogP contribution in [0, 0.1) is 0 Å². The molecule has 29 heavy (non-hydrogen) atoms. The van der Waals surface area contributed by atoms with Gasteiger partial charge in [0.1, 0.15) is 11.8 Å². The van der Waals surface area contributed by atoms with Crippen LogP contribution in [-0.4, -0.2) is 71.7 Å². The molecule has 2 amide bonds. The van der Waals surface area contributed by atoms with Crippen LogP contribution in [-0.2, 0) is 23.1 Å². The SMILES string of the molecule is CNC(C(=O)N1CCN(C(=O)CCc2ccc(OC)cc2)CC1)c1cnn(C)c1. The molecular weight excluding hydrogens is 370 g/mol. The van der Waals surface area contributed by atoms with Gasteiger partial charge in [-0.1, -0.05) is 12.1 Å². The van der Waals surface area contributed by atoms with Crippen molar-refractivity contribution in [2.24, 2.45) is 7.05 Å². The molecule has 2 aromatic rings. The third kappa shape index (κ3) is 5.14. The molecule has 1 saturated heterocycles. The summed E-state index contributed by atoms with van der Waals surface area (Å²) < 4.78 is 6.84. The van der Waals surface area contributed by atoms with Crippen molar-refractivity contribution >= 4 is 11.8 Å². The second-order valence-electron chi connectivity index (χ2n) is 7.22. The number of hydrogen-bond donors (Lipinski definition) is 1. The Labute approximate surface area is 171 Å². The first-order valence-electron chi connectivity index (χ1n) is 9.87. The summed E-state index contributed by atoms with van der Waals surface area (Å²) in [5.41, 5.74) is 1.96. The van der Waals surface area contributed by atoms with Gasteiger partial charge in [0.25, 0.3) is 0 Å². The van der Waals surface area contributed by atoms with Gasteiger partial charge in [0.15, 0.2) is 0 Å². The third-order valence-electron chi connectivity index (χ3n) is 5.32. The van der Waals surface area contributed by atoms with E-state index in [1.165, 1.54) is 0 Å². The number of hydrogen-bond acceptors (Lipinski definition) is 5. The van der Waals surface area contributed by atoms with E-state index in [9.17, 15) is 9.59 Å². The topological polar surface area (TPSA) is 79.7 Å². The summed E-state index contributed by atoms with van der Waals surface area (Å²) in [5.74, 6) is 0.961. The first-order valence-corrected chi connectivity index (χ1v) is 9.87. The van der Waals surface area contributed by atoms with Crippen molar-refractivity contribution in [2.75, 3.05) is 40.3 Å². The molecule has 0 spiro atoms. The highest BCUT2D eigenvalue weighted by molar-refractivity contribution is 5.83. The van der Waals surface area contributed by atoms with E-state index < -0.39 is 6.04 Å². The van der Waals surface area contributed by atoms with Gasteiger partial charge >= 0.3 is 0 Å². The molecule has 0 aliphatic carbocycles. The van der Waals surface area contributed by atoms with E-state index in [0.717, 1.165) is 16.9 Å². The molecular formula is C21H29N5O3. The molecule has 1 aromatic carbocycles. The summed E-state index contributed by atoms with van der Waals surface area (Å²) >= 11 is 0. The molecule has 1 aromatic heterocycles. The molecule has 1 fully saturated rings. The van der Waals surface area contributed by atoms with E-state index in [4.69, 9.17) is 4.74 Å². The summed E-state index contributed by atoms with van der Waals surface area (Å²) in [5, 5.41) is 7.22. The summed E-state index contributed by atoms with van der Waals surface area (Å²) in [6, 6.07) is 7.37. The Morgan fingerprint density at radius 3 is 2.34 bits per heavy atom. The first-order chi connectivity index (χ1) is 14.0. The molecule has 8 nitrogen and oxygen atoms in total. The molecule has 1 aliphatic heterocycles. The van der Waals surface area contributed by atoms with Crippen molar-refractivity contribution in [3.63, 3.8) is 0 Å². The van der Waals surface area contributed by atoms with Crippen molar-refractivity contribution in [1.82, 2.24) is 24.9 Å². The van der Waals surface area contributed by atoms with Crippen molar-refractivity contribution in [2.45, 2.75) is 18.9 Å². The molecule has 1 atom stereocenters. The molecule has 0 saturated carbocycles. The average Bonchev–Trinajstić information content (AvgIpc) is 3.18. The van der Waals surface area contributed by atoms with Crippen molar-refractivity contribution in [1.29, 1.82) is 0 Å². The van der Waals surface area contributed by atoms with Crippen LogP contribution in [0.15, 0.2) is 36.7 Å². The Hall–Kier alpha value is -2.87. The monoisotopic (exact) mass is 399 g/mol. The number of nitrogens with zero attached hydrogens (tertiary/aromatic N) is 4. The molecule has 3 rings (SSSR count). The number of amides is 2. The Balaban J connectivity index is 1.48. The molecule has 1 aliphatic rings. The van der Waals surface area contributed by atoms with Crippen molar-refractivity contribution < 1.29 is 14.3 Å². The maximum absolute atomic E-state index is 12.9. The second-order valence-corrected chi connectivity index (χ2v) is 7.22. The molecule has 1 unspecified atom stereocenters. The highest BCUT2D eigenvalue weighted by Gasteiger charge is 2.29. The van der Waals surface area contributed by atoms with Crippen LogP contribution >= 0.6 is 0 Å². The fourth-order valence-corrected chi connectivity index (χ4v) is 3.58. The lowest BCUT2D eigenvalue weighted by atomic mass is 10.1. The maximum atomic E-state index is 12.9. The fourth-order valence-electron chi connectivity index (χ4n) is 3.58. The van der Waals surface area contributed by atoms with Crippen LogP contribution in [0.3, 0.4) is 0 Å². The van der Waals surface area contributed by atoms with Gasteiger partial charge in [-0.3, -0.25) is 14.3 Å². The molecule has 8 heteroatoms. The smallest absolute Gasteiger partial charge is 0.244 e. The molecule has 1 N–H and O–H groups in total. The summed E-state index contributed by atoms with van der Waals surface area (Å²) in [4.78, 5) is 29.1. The van der Waals surface area contributed by atoms with Gasteiger partial charge in [-0.05, 0) is 31.2 Å². The van der Waals surface area contributed by atoms with E-state index in [1.807, 2.05) is 47.3 Å². The number of aromatic nitrogens is 2. The van der Waals surface area contributed by atoms with Crippen LogP contribution in [0.5, 0.6) is 5.75 Å². The zero-order chi connectivity index (χ0) is 20.8. The largest absolute Gasteiger partial charge is 0.497 e. The zero-order valence-corrected chi connectivity index (χ0v) is 17.3. The number of carbonyl (C=O) groups excluding carboxylic acids is 2. The van der Waals surface area contributed by atoms with Gasteiger partial charge in [-0.25, -0.2) is 0 Å². The zero-order valence-electron chi connectivity index (χ0n) is 17.3. The summed E-state index contributed by atoms with van der Waals surface area (Å²) in [7, 11) is 5.24. The summed E-state index contributed by atoms with van der Waals surface area (Å²) in [6.45, 7) is 2.23. The standard InChI is InChI=1S/C21H29N5O3/c1-22-20(17-14-23-24(2)15-17)21(28)26-12-10-25(11-13-26)19(27)9-6-16-4-7-18(29-3)8-5-16/h4-5,7-8,14-15,20,22H,6,9-13H2,1-3H3. The highest BCUT2D eigenvalue weighted by Crippen LogP contribution is 2.17. The predicted molar refractivity (Wildman–Crippen MR) is 109 cm³/mol. The minimum Gasteiger partial charge on any atom is -0.497 e. The lowest BCUT2D eigenvalue weighted by molar-refractivity contribution is -0.140. The Morgan fingerprint density at radius 1 is 1.14 bits per heavy atom. The number of methoxy groups -OCH3 is 1. The van der Waals surface area contributed by atoms with Gasteiger partial charge in [0.05, 0.1) is 13.3 Å². The quantitative estimate of drug-likeness (QED) is 0.751. The van der Waals surface area contributed by atoms with E-state index in [1.54, 1.807) is 25.0 Å². The highest BCUT2D eigenvalue weighted by atomic mass is 16.5. The van der Waals surface area contributed by atoms with Gasteiger partial charge in [0.2, 0.25) is 11.8 Å². The minimum absolute atomic E-state index is 0.0193. The van der Waals surface area contributed by atoms with E-state index in [0.29, 0.717) is 39.0 Å². The van der Waals surface area contributed by atoms with Crippen molar-refractivity contribution in [3.8, 4) is 5.75 Å².